The van der Waals surface area contributed by atoms with Crippen LogP contribution < -0.4 is 0 Å². The van der Waals surface area contributed by atoms with E-state index < -0.39 is 5.92 Å². The van der Waals surface area contributed by atoms with E-state index in [1.165, 1.54) is 0 Å². The van der Waals surface area contributed by atoms with Crippen molar-refractivity contribution >= 4 is 11.6 Å². The second-order valence-corrected chi connectivity index (χ2v) is 6.79. The Bertz CT molecular complexity index is 888. The van der Waals surface area contributed by atoms with Crippen molar-refractivity contribution in [3.63, 3.8) is 0 Å². The molecule has 1 fully saturated rings. The van der Waals surface area contributed by atoms with Gasteiger partial charge in [0.25, 0.3) is 0 Å². The molecule has 0 bridgehead atoms. The molecule has 0 amide bonds. The van der Waals surface area contributed by atoms with Crippen molar-refractivity contribution in [3.05, 3.63) is 52.3 Å². The largest absolute Gasteiger partial charge is 0.298 e. The first kappa shape index (κ1) is 17.2. The molecule has 1 aliphatic rings. The predicted molar refractivity (Wildman–Crippen MR) is 96.2 cm³/mol. The highest BCUT2D eigenvalue weighted by atomic mass is 16.2. The Balaban J connectivity index is 1.91. The van der Waals surface area contributed by atoms with Crippen LogP contribution in [0.5, 0.6) is 0 Å². The van der Waals surface area contributed by atoms with Gasteiger partial charge in [-0.2, -0.15) is 5.10 Å². The summed E-state index contributed by atoms with van der Waals surface area (Å²) < 4.78 is 1.72. The summed E-state index contributed by atoms with van der Waals surface area (Å²) in [5.74, 6) is 5.06. The SMILES string of the molecule is CC#Cc1cc(C)c(C2C(=O)CC(Cc3ccn(C)n3)C2=O)c(C)c1. The molecule has 2 unspecified atom stereocenters. The van der Waals surface area contributed by atoms with Gasteiger partial charge in [0, 0.05) is 37.6 Å². The van der Waals surface area contributed by atoms with E-state index in [-0.39, 0.29) is 17.5 Å². The molecule has 0 spiro atoms. The van der Waals surface area contributed by atoms with Gasteiger partial charge in [0.15, 0.2) is 5.78 Å². The highest BCUT2D eigenvalue weighted by Gasteiger charge is 2.43. The average molecular weight is 334 g/mol. The molecule has 0 aliphatic heterocycles. The third kappa shape index (κ3) is 3.28. The maximum absolute atomic E-state index is 13.0. The number of hydrogen-bond acceptors (Lipinski definition) is 3. The van der Waals surface area contributed by atoms with E-state index in [1.807, 2.05) is 45.3 Å². The standard InChI is InChI=1S/C21H22N2O2/c1-5-6-15-9-13(2)19(14(3)10-15)20-18(24)12-16(21(20)25)11-17-7-8-23(4)22-17/h7-10,16,20H,11-12H2,1-4H3. The van der Waals surface area contributed by atoms with Gasteiger partial charge >= 0.3 is 0 Å². The molecule has 0 N–H and O–H groups in total. The van der Waals surface area contributed by atoms with Gasteiger partial charge in [-0.3, -0.25) is 14.3 Å². The first-order valence-electron chi connectivity index (χ1n) is 8.49. The first-order valence-corrected chi connectivity index (χ1v) is 8.49. The summed E-state index contributed by atoms with van der Waals surface area (Å²) in [6.07, 6.45) is 2.69. The normalized spacial score (nSPS) is 19.8. The number of Topliss-reactive ketones (excluding diaryl/α,β-unsaturated/α-hetero) is 2. The third-order valence-corrected chi connectivity index (χ3v) is 4.83. The summed E-state index contributed by atoms with van der Waals surface area (Å²) in [6, 6.07) is 5.83. The zero-order valence-electron chi connectivity index (χ0n) is 15.1. The van der Waals surface area contributed by atoms with E-state index in [9.17, 15) is 9.59 Å². The molecule has 2 atom stereocenters. The van der Waals surface area contributed by atoms with E-state index >= 15 is 0 Å². The minimum Gasteiger partial charge on any atom is -0.298 e. The topological polar surface area (TPSA) is 52.0 Å². The number of rotatable bonds is 3. The fourth-order valence-electron chi connectivity index (χ4n) is 3.80. The van der Waals surface area contributed by atoms with E-state index in [0.717, 1.165) is 27.9 Å². The minimum absolute atomic E-state index is 0.0199. The number of carbonyl (C=O) groups is 2. The molecule has 4 heteroatoms. The second-order valence-electron chi connectivity index (χ2n) is 6.79. The lowest BCUT2D eigenvalue weighted by molar-refractivity contribution is -0.124. The molecule has 0 radical (unpaired) electrons. The second kappa shape index (κ2) is 6.68. The number of nitrogens with zero attached hydrogens (tertiary/aromatic N) is 2. The summed E-state index contributed by atoms with van der Waals surface area (Å²) in [7, 11) is 1.85. The van der Waals surface area contributed by atoms with Gasteiger partial charge in [0.2, 0.25) is 0 Å². The number of ketones is 2. The van der Waals surface area contributed by atoms with Gasteiger partial charge in [-0.15, -0.1) is 5.92 Å². The molecule has 3 rings (SSSR count). The van der Waals surface area contributed by atoms with E-state index in [1.54, 1.807) is 11.6 Å². The van der Waals surface area contributed by atoms with Gasteiger partial charge in [-0.1, -0.05) is 5.92 Å². The lowest BCUT2D eigenvalue weighted by Gasteiger charge is -2.16. The zero-order valence-corrected chi connectivity index (χ0v) is 15.1. The monoisotopic (exact) mass is 334 g/mol. The van der Waals surface area contributed by atoms with Gasteiger partial charge < -0.3 is 0 Å². The van der Waals surface area contributed by atoms with Crippen molar-refractivity contribution < 1.29 is 9.59 Å². The number of aromatic nitrogens is 2. The van der Waals surface area contributed by atoms with Gasteiger partial charge in [0.1, 0.15) is 11.7 Å². The molecule has 25 heavy (non-hydrogen) atoms. The fraction of sp³-hybridized carbons (Fsp3) is 0.381. The van der Waals surface area contributed by atoms with E-state index in [0.29, 0.717) is 12.8 Å². The van der Waals surface area contributed by atoms with E-state index in [4.69, 9.17) is 0 Å². The van der Waals surface area contributed by atoms with Crippen molar-refractivity contribution in [1.82, 2.24) is 9.78 Å². The van der Waals surface area contributed by atoms with E-state index in [2.05, 4.69) is 16.9 Å². The van der Waals surface area contributed by atoms with Crippen LogP contribution >= 0.6 is 0 Å². The first-order chi connectivity index (χ1) is 11.9. The molecule has 1 aromatic heterocycles. The van der Waals surface area contributed by atoms with Crippen molar-refractivity contribution in [2.45, 2.75) is 39.5 Å². The summed E-state index contributed by atoms with van der Waals surface area (Å²) in [6.45, 7) is 5.70. The van der Waals surface area contributed by atoms with Crippen LogP contribution in [0.2, 0.25) is 0 Å². The Hall–Kier alpha value is -2.67. The highest BCUT2D eigenvalue weighted by Crippen LogP contribution is 2.37. The quantitative estimate of drug-likeness (QED) is 0.641. The minimum atomic E-state index is -0.641. The van der Waals surface area contributed by atoms with Crippen LogP contribution in [-0.2, 0) is 23.1 Å². The molecule has 1 heterocycles. The van der Waals surface area contributed by atoms with Crippen molar-refractivity contribution in [2.75, 3.05) is 0 Å². The Morgan fingerprint density at radius 3 is 2.48 bits per heavy atom. The molecular formula is C21H22N2O2. The van der Waals surface area contributed by atoms with Crippen LogP contribution in [-0.4, -0.2) is 21.3 Å². The Kier molecular flexibility index (Phi) is 4.59. The van der Waals surface area contributed by atoms with Crippen LogP contribution in [0, 0.1) is 31.6 Å². The molecule has 1 saturated carbocycles. The average Bonchev–Trinajstić information content (AvgIpc) is 3.05. The van der Waals surface area contributed by atoms with Crippen LogP contribution in [0.4, 0.5) is 0 Å². The maximum atomic E-state index is 13.0. The summed E-state index contributed by atoms with van der Waals surface area (Å²) in [4.78, 5) is 25.6. The number of aryl methyl sites for hydroxylation is 3. The fourth-order valence-corrected chi connectivity index (χ4v) is 3.80. The number of hydrogen-bond donors (Lipinski definition) is 0. The summed E-state index contributed by atoms with van der Waals surface area (Å²) >= 11 is 0. The van der Waals surface area contributed by atoms with Crippen LogP contribution in [0.25, 0.3) is 0 Å². The van der Waals surface area contributed by atoms with Crippen LogP contribution in [0.15, 0.2) is 24.4 Å². The van der Waals surface area contributed by atoms with Crippen LogP contribution in [0.1, 0.15) is 47.2 Å². The highest BCUT2D eigenvalue weighted by molar-refractivity contribution is 6.15. The Labute approximate surface area is 148 Å². The predicted octanol–water partition coefficient (Wildman–Crippen LogP) is 2.89. The number of carbonyl (C=O) groups excluding carboxylic acids is 2. The lowest BCUT2D eigenvalue weighted by Crippen LogP contribution is -2.19. The molecular weight excluding hydrogens is 312 g/mol. The molecule has 0 saturated heterocycles. The molecule has 128 valence electrons. The van der Waals surface area contributed by atoms with Gasteiger partial charge in [0.05, 0.1) is 5.69 Å². The molecule has 2 aromatic rings. The maximum Gasteiger partial charge on any atom is 0.151 e. The lowest BCUT2D eigenvalue weighted by atomic mass is 9.86. The molecule has 1 aliphatic carbocycles. The van der Waals surface area contributed by atoms with Gasteiger partial charge in [-0.05, 0) is 55.7 Å². The van der Waals surface area contributed by atoms with Crippen molar-refractivity contribution in [2.24, 2.45) is 13.0 Å². The number of benzene rings is 1. The van der Waals surface area contributed by atoms with Crippen molar-refractivity contribution in [3.8, 4) is 11.8 Å². The summed E-state index contributed by atoms with van der Waals surface area (Å²) in [5, 5.41) is 4.34. The third-order valence-electron chi connectivity index (χ3n) is 4.83. The molecule has 4 nitrogen and oxygen atoms in total. The Morgan fingerprint density at radius 1 is 1.24 bits per heavy atom. The summed E-state index contributed by atoms with van der Waals surface area (Å²) in [5.41, 5.74) is 4.56. The molecule has 1 aromatic carbocycles. The smallest absolute Gasteiger partial charge is 0.151 e. The Morgan fingerprint density at radius 2 is 1.92 bits per heavy atom. The van der Waals surface area contributed by atoms with Crippen LogP contribution in [0.3, 0.4) is 0 Å². The van der Waals surface area contributed by atoms with Crippen molar-refractivity contribution in [1.29, 1.82) is 0 Å². The zero-order chi connectivity index (χ0) is 18.1. The van der Waals surface area contributed by atoms with Gasteiger partial charge in [-0.25, -0.2) is 0 Å².